The molecule has 0 fully saturated rings. The van der Waals surface area contributed by atoms with E-state index in [0.717, 1.165) is 11.1 Å². The van der Waals surface area contributed by atoms with Crippen molar-refractivity contribution in [1.82, 2.24) is 0 Å². The first kappa shape index (κ1) is 14.9. The van der Waals surface area contributed by atoms with Crippen molar-refractivity contribution in [3.63, 3.8) is 0 Å². The van der Waals surface area contributed by atoms with E-state index in [1.807, 2.05) is 26.0 Å². The second kappa shape index (κ2) is 4.83. The summed E-state index contributed by atoms with van der Waals surface area (Å²) in [4.78, 5) is 12.9. The fraction of sp³-hybridized carbons (Fsp3) is 0.471. The van der Waals surface area contributed by atoms with Gasteiger partial charge in [-0.3, -0.25) is 4.79 Å². The predicted molar refractivity (Wildman–Crippen MR) is 79.0 cm³/mol. The van der Waals surface area contributed by atoms with E-state index in [4.69, 9.17) is 0 Å². The Morgan fingerprint density at radius 3 is 1.65 bits per heavy atom. The van der Waals surface area contributed by atoms with Gasteiger partial charge >= 0.3 is 0 Å². The molecule has 0 saturated heterocycles. The van der Waals surface area contributed by atoms with Gasteiger partial charge in [0.25, 0.3) is 0 Å². The van der Waals surface area contributed by atoms with Crippen molar-refractivity contribution >= 4 is 5.78 Å². The molecule has 4 unspecified atom stereocenters. The van der Waals surface area contributed by atoms with Crippen molar-refractivity contribution in [3.8, 4) is 0 Å². The fourth-order valence-electron chi connectivity index (χ4n) is 2.83. The number of carbonyl (C=O) groups excluding carboxylic acids is 1. The Balaban J connectivity index is 2.42. The topological polar surface area (TPSA) is 57.5 Å². The number of aliphatic hydroxyl groups is 2. The monoisotopic (exact) mass is 274 g/mol. The van der Waals surface area contributed by atoms with Crippen LogP contribution in [0.5, 0.6) is 0 Å². The summed E-state index contributed by atoms with van der Waals surface area (Å²) in [6, 6.07) is 0. The van der Waals surface area contributed by atoms with Crippen molar-refractivity contribution < 1.29 is 15.0 Å². The molecule has 0 aliphatic heterocycles. The van der Waals surface area contributed by atoms with Crippen LogP contribution >= 0.6 is 0 Å². The molecule has 2 rings (SSSR count). The van der Waals surface area contributed by atoms with E-state index < -0.39 is 17.0 Å². The Morgan fingerprint density at radius 2 is 1.30 bits per heavy atom. The van der Waals surface area contributed by atoms with Gasteiger partial charge in [0, 0.05) is 11.8 Å². The van der Waals surface area contributed by atoms with Crippen molar-refractivity contribution in [1.29, 1.82) is 0 Å². The van der Waals surface area contributed by atoms with E-state index in [2.05, 4.69) is 0 Å². The molecule has 0 aromatic rings. The maximum Gasteiger partial charge on any atom is 0.204 e. The molecule has 4 atom stereocenters. The van der Waals surface area contributed by atoms with Crippen LogP contribution in [0.25, 0.3) is 0 Å². The van der Waals surface area contributed by atoms with Gasteiger partial charge in [0.15, 0.2) is 11.2 Å². The maximum atomic E-state index is 12.9. The number of hydrogen-bond donors (Lipinski definition) is 2. The van der Waals surface area contributed by atoms with Crippen molar-refractivity contribution in [2.75, 3.05) is 0 Å². The molecule has 0 aromatic carbocycles. The van der Waals surface area contributed by atoms with Gasteiger partial charge in [-0.1, -0.05) is 49.3 Å². The van der Waals surface area contributed by atoms with Crippen LogP contribution < -0.4 is 0 Å². The van der Waals surface area contributed by atoms with Crippen LogP contribution in [0.2, 0.25) is 0 Å². The van der Waals surface area contributed by atoms with E-state index in [9.17, 15) is 15.0 Å². The van der Waals surface area contributed by atoms with Crippen LogP contribution in [0.3, 0.4) is 0 Å². The van der Waals surface area contributed by atoms with Gasteiger partial charge in [-0.2, -0.15) is 0 Å². The van der Waals surface area contributed by atoms with Crippen LogP contribution in [0.4, 0.5) is 0 Å². The lowest BCUT2D eigenvalue weighted by Crippen LogP contribution is -2.58. The summed E-state index contributed by atoms with van der Waals surface area (Å²) in [5, 5.41) is 21.6. The molecule has 0 aromatic heterocycles. The first-order valence-corrected chi connectivity index (χ1v) is 6.95. The first-order chi connectivity index (χ1) is 9.23. The number of allylic oxidation sites excluding steroid dienone is 4. The highest BCUT2D eigenvalue weighted by atomic mass is 16.3. The summed E-state index contributed by atoms with van der Waals surface area (Å²) in [6.45, 7) is 7.36. The zero-order valence-corrected chi connectivity index (χ0v) is 12.4. The second-order valence-corrected chi connectivity index (χ2v) is 5.96. The predicted octanol–water partition coefficient (Wildman–Crippen LogP) is 2.32. The summed E-state index contributed by atoms with van der Waals surface area (Å²) in [5.74, 6) is -1.26. The highest BCUT2D eigenvalue weighted by Gasteiger charge is 2.52. The summed E-state index contributed by atoms with van der Waals surface area (Å²) in [6.07, 6.45) is 10.1. The lowest BCUT2D eigenvalue weighted by Gasteiger charge is -2.41. The zero-order valence-electron chi connectivity index (χ0n) is 12.4. The van der Waals surface area contributed by atoms with Gasteiger partial charge in [0.2, 0.25) is 5.78 Å². The van der Waals surface area contributed by atoms with E-state index >= 15 is 0 Å². The average molecular weight is 274 g/mol. The minimum absolute atomic E-state index is 0.351. The third-order valence-electron chi connectivity index (χ3n) is 4.83. The molecule has 0 amide bonds. The molecule has 0 spiro atoms. The molecule has 108 valence electrons. The molecular formula is C17H22O3. The summed E-state index contributed by atoms with van der Waals surface area (Å²) < 4.78 is 0. The van der Waals surface area contributed by atoms with E-state index in [0.29, 0.717) is 0 Å². The van der Waals surface area contributed by atoms with Crippen LogP contribution in [0.15, 0.2) is 47.6 Å². The highest BCUT2D eigenvalue weighted by molar-refractivity contribution is 5.99. The summed E-state index contributed by atoms with van der Waals surface area (Å²) in [7, 11) is 0. The molecule has 0 saturated carbocycles. The molecule has 0 radical (unpaired) electrons. The Hall–Kier alpha value is -1.45. The number of carbonyl (C=O) groups is 1. The molecule has 2 aliphatic rings. The Morgan fingerprint density at radius 1 is 0.950 bits per heavy atom. The largest absolute Gasteiger partial charge is 0.377 e. The van der Waals surface area contributed by atoms with Gasteiger partial charge in [0.1, 0.15) is 0 Å². The molecule has 0 bridgehead atoms. The summed E-state index contributed by atoms with van der Waals surface area (Å²) in [5.41, 5.74) is -1.48. The third-order valence-corrected chi connectivity index (χ3v) is 4.83. The number of rotatable bonds is 2. The Labute approximate surface area is 120 Å². The van der Waals surface area contributed by atoms with Crippen LogP contribution in [-0.2, 0) is 4.79 Å². The van der Waals surface area contributed by atoms with Crippen molar-refractivity contribution in [3.05, 3.63) is 47.6 Å². The number of ketones is 1. The Bertz CT molecular complexity index is 505. The van der Waals surface area contributed by atoms with Crippen molar-refractivity contribution in [2.24, 2.45) is 11.8 Å². The lowest BCUT2D eigenvalue weighted by atomic mass is 9.67. The van der Waals surface area contributed by atoms with E-state index in [1.54, 1.807) is 26.0 Å². The number of Topliss-reactive ketones (excluding diaryl/α,β-unsaturated/α-hetero) is 1. The van der Waals surface area contributed by atoms with Crippen LogP contribution in [0, 0.1) is 11.8 Å². The van der Waals surface area contributed by atoms with E-state index in [-0.39, 0.29) is 11.8 Å². The quantitative estimate of drug-likeness (QED) is 0.812. The minimum atomic E-state index is -1.66. The van der Waals surface area contributed by atoms with Gasteiger partial charge in [-0.15, -0.1) is 0 Å². The van der Waals surface area contributed by atoms with Gasteiger partial charge in [-0.05, 0) is 26.0 Å². The number of hydrogen-bond acceptors (Lipinski definition) is 3. The maximum absolute atomic E-state index is 12.9. The van der Waals surface area contributed by atoms with Gasteiger partial charge in [-0.25, -0.2) is 0 Å². The highest BCUT2D eigenvalue weighted by Crippen LogP contribution is 2.39. The molecule has 0 heterocycles. The lowest BCUT2D eigenvalue weighted by molar-refractivity contribution is -0.154. The van der Waals surface area contributed by atoms with Crippen LogP contribution in [-0.4, -0.2) is 27.2 Å². The molecule has 2 N–H and O–H groups in total. The summed E-state index contributed by atoms with van der Waals surface area (Å²) >= 11 is 0. The van der Waals surface area contributed by atoms with Gasteiger partial charge < -0.3 is 10.2 Å². The standard InChI is InChI=1S/C17H22O3/c1-11-7-5-9-16(19,13(11)3)15(18)17(20)10-6-8-12(2)14(17)4/h5-10,13-14,19-20H,1-4H3. The second-order valence-electron chi connectivity index (χ2n) is 5.96. The average Bonchev–Trinajstić information content (AvgIpc) is 2.41. The Kier molecular flexibility index (Phi) is 3.61. The molecule has 2 aliphatic carbocycles. The first-order valence-electron chi connectivity index (χ1n) is 6.95. The molecule has 3 heteroatoms. The van der Waals surface area contributed by atoms with Crippen molar-refractivity contribution in [2.45, 2.75) is 38.9 Å². The normalized spacial score (nSPS) is 40.3. The fourth-order valence-corrected chi connectivity index (χ4v) is 2.83. The minimum Gasteiger partial charge on any atom is -0.377 e. The van der Waals surface area contributed by atoms with Crippen LogP contribution in [0.1, 0.15) is 27.7 Å². The zero-order chi connectivity index (χ0) is 15.1. The molecule has 3 nitrogen and oxygen atoms in total. The van der Waals surface area contributed by atoms with Gasteiger partial charge in [0.05, 0.1) is 0 Å². The third kappa shape index (κ3) is 2.02. The SMILES string of the molecule is CC1=CC=CC(O)(C(=O)C2(O)C=CC=C(C)C2C)C1C. The smallest absolute Gasteiger partial charge is 0.204 e. The molecule has 20 heavy (non-hydrogen) atoms. The van der Waals surface area contributed by atoms with E-state index in [1.165, 1.54) is 12.2 Å². The molecular weight excluding hydrogens is 252 g/mol.